The Bertz CT molecular complexity index is 344. The molecule has 16 heavy (non-hydrogen) atoms. The van der Waals surface area contributed by atoms with E-state index in [4.69, 9.17) is 5.84 Å². The highest BCUT2D eigenvalue weighted by molar-refractivity contribution is 7.08. The standard InChI is InChI=1S/C11H20N4S/c1-8(2)4-13-11(15-12)14-5-10-7-16-6-9(10)3/h6-8H,4-5,12H2,1-3H3,(H2,13,14,15). The van der Waals surface area contributed by atoms with Gasteiger partial charge < -0.3 is 5.32 Å². The van der Waals surface area contributed by atoms with Crippen molar-refractivity contribution in [2.24, 2.45) is 16.8 Å². The van der Waals surface area contributed by atoms with Crippen LogP contribution in [0.2, 0.25) is 0 Å². The van der Waals surface area contributed by atoms with Gasteiger partial charge in [0.15, 0.2) is 0 Å². The van der Waals surface area contributed by atoms with Crippen molar-refractivity contribution >= 4 is 17.3 Å². The van der Waals surface area contributed by atoms with Crippen molar-refractivity contribution in [3.05, 3.63) is 21.9 Å². The normalized spacial score (nSPS) is 11.9. The topological polar surface area (TPSA) is 62.4 Å². The van der Waals surface area contributed by atoms with E-state index in [2.05, 4.69) is 47.3 Å². The Morgan fingerprint density at radius 1 is 1.50 bits per heavy atom. The summed E-state index contributed by atoms with van der Waals surface area (Å²) in [6, 6.07) is 0. The van der Waals surface area contributed by atoms with E-state index >= 15 is 0 Å². The minimum absolute atomic E-state index is 0.571. The van der Waals surface area contributed by atoms with Gasteiger partial charge in [0.2, 0.25) is 5.96 Å². The first kappa shape index (κ1) is 13.0. The monoisotopic (exact) mass is 240 g/mol. The van der Waals surface area contributed by atoms with Crippen molar-refractivity contribution in [3.63, 3.8) is 0 Å². The van der Waals surface area contributed by atoms with Crippen LogP contribution in [0, 0.1) is 12.8 Å². The smallest absolute Gasteiger partial charge is 0.206 e. The van der Waals surface area contributed by atoms with Crippen molar-refractivity contribution in [1.29, 1.82) is 0 Å². The van der Waals surface area contributed by atoms with Crippen LogP contribution in [0.25, 0.3) is 0 Å². The maximum atomic E-state index is 5.40. The molecular weight excluding hydrogens is 220 g/mol. The minimum Gasteiger partial charge on any atom is -0.355 e. The Morgan fingerprint density at radius 2 is 2.25 bits per heavy atom. The molecule has 0 bridgehead atoms. The van der Waals surface area contributed by atoms with Gasteiger partial charge in [-0.15, -0.1) is 0 Å². The molecule has 0 fully saturated rings. The van der Waals surface area contributed by atoms with E-state index in [1.165, 1.54) is 11.1 Å². The number of guanidine groups is 1. The van der Waals surface area contributed by atoms with E-state index in [1.807, 2.05) is 0 Å². The second-order valence-electron chi connectivity index (χ2n) is 4.16. The highest BCUT2D eigenvalue weighted by Crippen LogP contribution is 2.14. The number of thiophene rings is 1. The molecule has 1 aromatic rings. The SMILES string of the molecule is Cc1cscc1CN=C(NN)NCC(C)C. The summed E-state index contributed by atoms with van der Waals surface area (Å²) in [5, 5.41) is 7.42. The summed E-state index contributed by atoms with van der Waals surface area (Å²) in [4.78, 5) is 4.39. The zero-order chi connectivity index (χ0) is 12.0. The van der Waals surface area contributed by atoms with Gasteiger partial charge in [0.25, 0.3) is 0 Å². The van der Waals surface area contributed by atoms with Gasteiger partial charge in [-0.2, -0.15) is 11.3 Å². The highest BCUT2D eigenvalue weighted by Gasteiger charge is 2.00. The molecule has 0 amide bonds. The maximum Gasteiger partial charge on any atom is 0.206 e. The third-order valence-electron chi connectivity index (χ3n) is 2.18. The molecule has 0 aliphatic carbocycles. The lowest BCUT2D eigenvalue weighted by Crippen LogP contribution is -2.42. The molecule has 0 unspecified atom stereocenters. The predicted molar refractivity (Wildman–Crippen MR) is 70.4 cm³/mol. The summed E-state index contributed by atoms with van der Waals surface area (Å²) in [6.45, 7) is 7.92. The first-order valence-electron chi connectivity index (χ1n) is 5.40. The van der Waals surface area contributed by atoms with Crippen molar-refractivity contribution in [1.82, 2.24) is 10.7 Å². The lowest BCUT2D eigenvalue weighted by molar-refractivity contribution is 0.615. The van der Waals surface area contributed by atoms with Crippen LogP contribution in [-0.4, -0.2) is 12.5 Å². The van der Waals surface area contributed by atoms with E-state index in [-0.39, 0.29) is 0 Å². The summed E-state index contributed by atoms with van der Waals surface area (Å²) < 4.78 is 0. The quantitative estimate of drug-likeness (QED) is 0.324. The number of nitrogens with two attached hydrogens (primary N) is 1. The fraction of sp³-hybridized carbons (Fsp3) is 0.545. The highest BCUT2D eigenvalue weighted by atomic mass is 32.1. The molecule has 0 saturated heterocycles. The third kappa shape index (κ3) is 4.20. The maximum absolute atomic E-state index is 5.40. The summed E-state index contributed by atoms with van der Waals surface area (Å²) in [5.41, 5.74) is 5.12. The molecular formula is C11H20N4S. The fourth-order valence-corrected chi connectivity index (χ4v) is 2.01. The van der Waals surface area contributed by atoms with E-state index in [9.17, 15) is 0 Å². The number of hydrogen-bond donors (Lipinski definition) is 3. The molecule has 4 nitrogen and oxygen atoms in total. The van der Waals surface area contributed by atoms with E-state index in [0.29, 0.717) is 18.4 Å². The van der Waals surface area contributed by atoms with Gasteiger partial charge in [-0.25, -0.2) is 10.8 Å². The molecule has 0 aromatic carbocycles. The summed E-state index contributed by atoms with van der Waals surface area (Å²) in [5.74, 6) is 6.62. The Hall–Kier alpha value is -1.07. The van der Waals surface area contributed by atoms with E-state index < -0.39 is 0 Å². The molecule has 0 spiro atoms. The van der Waals surface area contributed by atoms with Gasteiger partial charge in [0.05, 0.1) is 6.54 Å². The van der Waals surface area contributed by atoms with Gasteiger partial charge in [-0.05, 0) is 34.7 Å². The Labute approximate surface area is 101 Å². The van der Waals surface area contributed by atoms with Crippen LogP contribution in [0.15, 0.2) is 15.8 Å². The minimum atomic E-state index is 0.571. The van der Waals surface area contributed by atoms with Crippen LogP contribution in [0.5, 0.6) is 0 Å². The number of aliphatic imine (C=N–C) groups is 1. The average molecular weight is 240 g/mol. The van der Waals surface area contributed by atoms with E-state index in [1.54, 1.807) is 11.3 Å². The molecule has 90 valence electrons. The van der Waals surface area contributed by atoms with Crippen molar-refractivity contribution in [2.75, 3.05) is 6.54 Å². The second-order valence-corrected chi connectivity index (χ2v) is 4.91. The molecule has 4 N–H and O–H groups in total. The molecule has 0 saturated carbocycles. The van der Waals surface area contributed by atoms with Gasteiger partial charge in [0.1, 0.15) is 0 Å². The molecule has 0 aliphatic rings. The summed E-state index contributed by atoms with van der Waals surface area (Å²) in [7, 11) is 0. The predicted octanol–water partition coefficient (Wildman–Crippen LogP) is 1.62. The van der Waals surface area contributed by atoms with E-state index in [0.717, 1.165) is 6.54 Å². The van der Waals surface area contributed by atoms with Crippen LogP contribution < -0.4 is 16.6 Å². The Morgan fingerprint density at radius 3 is 2.75 bits per heavy atom. The van der Waals surface area contributed by atoms with Crippen molar-refractivity contribution < 1.29 is 0 Å². The molecule has 0 radical (unpaired) electrons. The van der Waals surface area contributed by atoms with Crippen LogP contribution in [0.4, 0.5) is 0 Å². The molecule has 1 aromatic heterocycles. The van der Waals surface area contributed by atoms with Crippen LogP contribution >= 0.6 is 11.3 Å². The fourth-order valence-electron chi connectivity index (χ4n) is 1.17. The molecule has 0 atom stereocenters. The largest absolute Gasteiger partial charge is 0.355 e. The first-order chi connectivity index (χ1) is 7.63. The van der Waals surface area contributed by atoms with Gasteiger partial charge in [-0.1, -0.05) is 13.8 Å². The number of nitrogens with zero attached hydrogens (tertiary/aromatic N) is 1. The third-order valence-corrected chi connectivity index (χ3v) is 3.09. The van der Waals surface area contributed by atoms with Gasteiger partial charge >= 0.3 is 0 Å². The van der Waals surface area contributed by atoms with Crippen LogP contribution in [-0.2, 0) is 6.54 Å². The zero-order valence-electron chi connectivity index (χ0n) is 10.1. The van der Waals surface area contributed by atoms with Crippen LogP contribution in [0.1, 0.15) is 25.0 Å². The molecule has 0 aliphatic heterocycles. The summed E-state index contributed by atoms with van der Waals surface area (Å²) in [6.07, 6.45) is 0. The number of hydrazine groups is 1. The number of nitrogens with one attached hydrogen (secondary N) is 2. The Kier molecular flexibility index (Phi) is 5.28. The lowest BCUT2D eigenvalue weighted by atomic mass is 10.2. The molecule has 1 heterocycles. The lowest BCUT2D eigenvalue weighted by Gasteiger charge is -2.10. The molecule has 1 rings (SSSR count). The van der Waals surface area contributed by atoms with Crippen molar-refractivity contribution in [2.45, 2.75) is 27.3 Å². The molecule has 5 heteroatoms. The number of rotatable bonds is 4. The van der Waals surface area contributed by atoms with Gasteiger partial charge in [-0.3, -0.25) is 5.43 Å². The summed E-state index contributed by atoms with van der Waals surface area (Å²) >= 11 is 1.70. The number of aryl methyl sites for hydroxylation is 1. The van der Waals surface area contributed by atoms with Crippen molar-refractivity contribution in [3.8, 4) is 0 Å². The Balaban J connectivity index is 2.50. The average Bonchev–Trinajstić information content (AvgIpc) is 2.64. The van der Waals surface area contributed by atoms with Crippen LogP contribution in [0.3, 0.4) is 0 Å². The first-order valence-corrected chi connectivity index (χ1v) is 6.34. The second kappa shape index (κ2) is 6.50. The number of hydrogen-bond acceptors (Lipinski definition) is 3. The zero-order valence-corrected chi connectivity index (χ0v) is 10.9. The van der Waals surface area contributed by atoms with Gasteiger partial charge in [0, 0.05) is 6.54 Å².